The van der Waals surface area contributed by atoms with E-state index in [0.717, 1.165) is 5.01 Å². The maximum absolute atomic E-state index is 12.1. The van der Waals surface area contributed by atoms with Crippen LogP contribution in [0.1, 0.15) is 25.8 Å². The normalized spacial score (nSPS) is 9.88. The van der Waals surface area contributed by atoms with Gasteiger partial charge in [0.2, 0.25) is 5.78 Å². The van der Waals surface area contributed by atoms with Gasteiger partial charge in [0.15, 0.2) is 0 Å². The van der Waals surface area contributed by atoms with E-state index in [1.807, 2.05) is 6.07 Å². The number of nitrogens with zero attached hydrogens (tertiary/aromatic N) is 2. The molecule has 0 atom stereocenters. The minimum absolute atomic E-state index is 0.190. The number of anilines is 1. The zero-order valence-electron chi connectivity index (χ0n) is 9.10. The number of aromatic nitrogens is 1. The molecule has 4 nitrogen and oxygen atoms in total. The van der Waals surface area contributed by atoms with Crippen molar-refractivity contribution in [3.8, 4) is 6.07 Å². The Bertz CT molecular complexity index is 625. The molecule has 0 saturated heterocycles. The van der Waals surface area contributed by atoms with Gasteiger partial charge in [0.1, 0.15) is 10.7 Å². The number of hydrogen-bond donors (Lipinski definition) is 1. The first-order valence-electron chi connectivity index (χ1n) is 4.89. The van der Waals surface area contributed by atoms with Gasteiger partial charge in [-0.1, -0.05) is 12.1 Å². The van der Waals surface area contributed by atoms with Crippen LogP contribution in [0.25, 0.3) is 0 Å². The SMILES string of the molecule is Cc1nc(N)c(C(=O)c2cccc(C#N)c2)s1. The molecule has 0 aliphatic rings. The van der Waals surface area contributed by atoms with Crippen molar-refractivity contribution in [2.45, 2.75) is 6.92 Å². The van der Waals surface area contributed by atoms with Crippen LogP contribution in [0.4, 0.5) is 5.82 Å². The number of aryl methyl sites for hydroxylation is 1. The predicted molar refractivity (Wildman–Crippen MR) is 65.9 cm³/mol. The molecule has 2 rings (SSSR count). The van der Waals surface area contributed by atoms with Gasteiger partial charge in [0.25, 0.3) is 0 Å². The maximum Gasteiger partial charge on any atom is 0.206 e. The standard InChI is InChI=1S/C12H9N3OS/c1-7-15-12(14)11(17-7)10(16)9-4-2-3-8(5-9)6-13/h2-5H,14H2,1H3. The Morgan fingerprint density at radius 3 is 2.88 bits per heavy atom. The topological polar surface area (TPSA) is 79.8 Å². The van der Waals surface area contributed by atoms with Crippen LogP contribution in [0.3, 0.4) is 0 Å². The van der Waals surface area contributed by atoms with Crippen LogP contribution in [-0.2, 0) is 0 Å². The number of thiazole rings is 1. The molecule has 0 saturated carbocycles. The van der Waals surface area contributed by atoms with Crippen LogP contribution in [0.2, 0.25) is 0 Å². The number of ketones is 1. The van der Waals surface area contributed by atoms with Crippen LogP contribution < -0.4 is 5.73 Å². The number of carbonyl (C=O) groups is 1. The van der Waals surface area contributed by atoms with Crippen molar-refractivity contribution in [1.82, 2.24) is 4.98 Å². The molecule has 1 aromatic heterocycles. The molecular weight excluding hydrogens is 234 g/mol. The van der Waals surface area contributed by atoms with E-state index in [4.69, 9.17) is 11.0 Å². The fraction of sp³-hybridized carbons (Fsp3) is 0.0833. The fourth-order valence-electron chi connectivity index (χ4n) is 1.47. The van der Waals surface area contributed by atoms with Crippen molar-refractivity contribution in [3.63, 3.8) is 0 Å². The molecule has 0 aliphatic heterocycles. The molecule has 0 unspecified atom stereocenters. The molecule has 2 N–H and O–H groups in total. The second-order valence-electron chi connectivity index (χ2n) is 3.47. The molecule has 1 heterocycles. The third-order valence-electron chi connectivity index (χ3n) is 2.22. The predicted octanol–water partition coefficient (Wildman–Crippen LogP) is 2.14. The van der Waals surface area contributed by atoms with E-state index in [1.54, 1.807) is 31.2 Å². The van der Waals surface area contributed by atoms with Crippen LogP contribution >= 0.6 is 11.3 Å². The monoisotopic (exact) mass is 243 g/mol. The summed E-state index contributed by atoms with van der Waals surface area (Å²) in [7, 11) is 0. The molecule has 84 valence electrons. The summed E-state index contributed by atoms with van der Waals surface area (Å²) in [5.74, 6) is 0.0602. The van der Waals surface area contributed by atoms with E-state index in [2.05, 4.69) is 4.98 Å². The molecule has 0 bridgehead atoms. The summed E-state index contributed by atoms with van der Waals surface area (Å²) in [6.45, 7) is 1.80. The first-order valence-corrected chi connectivity index (χ1v) is 5.71. The zero-order chi connectivity index (χ0) is 12.4. The molecule has 5 heteroatoms. The fourth-order valence-corrected chi connectivity index (χ4v) is 2.27. The second kappa shape index (κ2) is 4.36. The largest absolute Gasteiger partial charge is 0.382 e. The molecule has 0 radical (unpaired) electrons. The number of nitrogen functional groups attached to an aromatic ring is 1. The number of nitrogens with two attached hydrogens (primary N) is 1. The van der Waals surface area contributed by atoms with Crippen molar-refractivity contribution in [2.24, 2.45) is 0 Å². The average Bonchev–Trinajstić information content (AvgIpc) is 2.67. The highest BCUT2D eigenvalue weighted by Crippen LogP contribution is 2.23. The van der Waals surface area contributed by atoms with E-state index in [9.17, 15) is 4.79 Å². The van der Waals surface area contributed by atoms with Crippen molar-refractivity contribution in [3.05, 3.63) is 45.3 Å². The summed E-state index contributed by atoms with van der Waals surface area (Å²) in [5, 5.41) is 9.53. The van der Waals surface area contributed by atoms with Crippen molar-refractivity contribution < 1.29 is 4.79 Å². The van der Waals surface area contributed by atoms with E-state index >= 15 is 0 Å². The van der Waals surface area contributed by atoms with Crippen molar-refractivity contribution >= 4 is 22.9 Å². The molecule has 2 aromatic rings. The highest BCUT2D eigenvalue weighted by atomic mass is 32.1. The summed E-state index contributed by atoms with van der Waals surface area (Å²) < 4.78 is 0. The van der Waals surface area contributed by atoms with Gasteiger partial charge in [-0.2, -0.15) is 5.26 Å². The van der Waals surface area contributed by atoms with E-state index in [1.165, 1.54) is 11.3 Å². The van der Waals surface area contributed by atoms with Gasteiger partial charge in [-0.05, 0) is 19.1 Å². The first kappa shape index (κ1) is 11.3. The van der Waals surface area contributed by atoms with Crippen molar-refractivity contribution in [1.29, 1.82) is 5.26 Å². The van der Waals surface area contributed by atoms with Gasteiger partial charge in [0.05, 0.1) is 16.6 Å². The van der Waals surface area contributed by atoms with Crippen LogP contribution in [0.15, 0.2) is 24.3 Å². The molecule has 1 aromatic carbocycles. The summed E-state index contributed by atoms with van der Waals surface area (Å²) in [5.41, 5.74) is 6.58. The number of rotatable bonds is 2. The minimum atomic E-state index is -0.190. The second-order valence-corrected chi connectivity index (χ2v) is 4.67. The Morgan fingerprint density at radius 2 is 2.29 bits per heavy atom. The molecule has 0 spiro atoms. The van der Waals surface area contributed by atoms with Crippen molar-refractivity contribution in [2.75, 3.05) is 5.73 Å². The molecule has 0 aliphatic carbocycles. The lowest BCUT2D eigenvalue weighted by atomic mass is 10.1. The quantitative estimate of drug-likeness (QED) is 0.819. The Labute approximate surface area is 102 Å². The summed E-state index contributed by atoms with van der Waals surface area (Å²) >= 11 is 1.26. The Kier molecular flexibility index (Phi) is 2.90. The van der Waals surface area contributed by atoms with Crippen LogP contribution in [-0.4, -0.2) is 10.8 Å². The van der Waals surface area contributed by atoms with Gasteiger partial charge in [-0.3, -0.25) is 4.79 Å². The maximum atomic E-state index is 12.1. The van der Waals surface area contributed by atoms with E-state index in [0.29, 0.717) is 16.0 Å². The van der Waals surface area contributed by atoms with Crippen LogP contribution in [0.5, 0.6) is 0 Å². The lowest BCUT2D eigenvalue weighted by Crippen LogP contribution is -2.02. The first-order chi connectivity index (χ1) is 8.11. The summed E-state index contributed by atoms with van der Waals surface area (Å²) in [4.78, 5) is 16.6. The summed E-state index contributed by atoms with van der Waals surface area (Å²) in [6.07, 6.45) is 0. The third-order valence-corrected chi connectivity index (χ3v) is 3.21. The molecular formula is C12H9N3OS. The smallest absolute Gasteiger partial charge is 0.206 e. The molecule has 0 amide bonds. The lowest BCUT2D eigenvalue weighted by molar-refractivity contribution is 0.104. The number of carbonyl (C=O) groups excluding carboxylic acids is 1. The molecule has 0 fully saturated rings. The highest BCUT2D eigenvalue weighted by molar-refractivity contribution is 7.14. The van der Waals surface area contributed by atoms with Gasteiger partial charge in [-0.15, -0.1) is 11.3 Å². The van der Waals surface area contributed by atoms with Gasteiger partial charge < -0.3 is 5.73 Å². The van der Waals surface area contributed by atoms with Gasteiger partial charge in [0, 0.05) is 5.56 Å². The van der Waals surface area contributed by atoms with Gasteiger partial charge in [-0.25, -0.2) is 4.98 Å². The molecule has 17 heavy (non-hydrogen) atoms. The number of benzene rings is 1. The third kappa shape index (κ3) is 2.17. The number of nitriles is 1. The zero-order valence-corrected chi connectivity index (χ0v) is 9.91. The lowest BCUT2D eigenvalue weighted by Gasteiger charge is -1.99. The Balaban J connectivity index is 2.44. The van der Waals surface area contributed by atoms with Gasteiger partial charge >= 0.3 is 0 Å². The van der Waals surface area contributed by atoms with Crippen LogP contribution in [0, 0.1) is 18.3 Å². The number of hydrogen-bond acceptors (Lipinski definition) is 5. The Hall–Kier alpha value is -2.19. The van der Waals surface area contributed by atoms with E-state index in [-0.39, 0.29) is 11.6 Å². The Morgan fingerprint density at radius 1 is 1.53 bits per heavy atom. The highest BCUT2D eigenvalue weighted by Gasteiger charge is 2.16. The summed E-state index contributed by atoms with van der Waals surface area (Å²) in [6, 6.07) is 8.54. The van der Waals surface area contributed by atoms with E-state index < -0.39 is 0 Å². The minimum Gasteiger partial charge on any atom is -0.382 e. The average molecular weight is 243 g/mol.